The van der Waals surface area contributed by atoms with Crippen molar-refractivity contribution in [2.24, 2.45) is 0 Å². The van der Waals surface area contributed by atoms with Crippen LogP contribution in [-0.2, 0) is 28.1 Å². The summed E-state index contributed by atoms with van der Waals surface area (Å²) >= 11 is 0. The fourth-order valence-corrected chi connectivity index (χ4v) is 10.3. The first-order valence-electron chi connectivity index (χ1n) is 12.5. The molecular formula is C28H38O6Si. The van der Waals surface area contributed by atoms with E-state index in [9.17, 15) is 0 Å². The summed E-state index contributed by atoms with van der Waals surface area (Å²) in [6.07, 6.45) is -1.90. The first-order valence-corrected chi connectivity index (χ1v) is 14.4. The van der Waals surface area contributed by atoms with Crippen LogP contribution >= 0.6 is 0 Å². The highest BCUT2D eigenvalue weighted by Gasteiger charge is 2.62. The smallest absolute Gasteiger partial charge is 0.264 e. The van der Waals surface area contributed by atoms with Gasteiger partial charge in [0.1, 0.15) is 24.4 Å². The fourth-order valence-electron chi connectivity index (χ4n) is 5.73. The molecule has 0 aliphatic carbocycles. The van der Waals surface area contributed by atoms with Crippen LogP contribution in [-0.4, -0.2) is 57.2 Å². The molecule has 1 unspecified atom stereocenters. The van der Waals surface area contributed by atoms with Crippen LogP contribution in [0.2, 0.25) is 5.04 Å². The van der Waals surface area contributed by atoms with E-state index in [2.05, 4.69) is 69.3 Å². The van der Waals surface area contributed by atoms with Gasteiger partial charge in [-0.1, -0.05) is 81.4 Å². The van der Waals surface area contributed by atoms with E-state index in [0.717, 1.165) is 0 Å². The van der Waals surface area contributed by atoms with E-state index < -0.39 is 26.2 Å². The van der Waals surface area contributed by atoms with Gasteiger partial charge in [0, 0.05) is 0 Å². The van der Waals surface area contributed by atoms with Crippen molar-refractivity contribution in [2.45, 2.75) is 95.8 Å². The van der Waals surface area contributed by atoms with E-state index >= 15 is 0 Å². The number of ether oxygens (including phenoxy) is 5. The highest BCUT2D eigenvalue weighted by atomic mass is 28.4. The van der Waals surface area contributed by atoms with Crippen molar-refractivity contribution in [2.75, 3.05) is 6.61 Å². The minimum Gasteiger partial charge on any atom is -0.381 e. The zero-order chi connectivity index (χ0) is 25.1. The Morgan fingerprint density at radius 2 is 1.29 bits per heavy atom. The minimum atomic E-state index is -2.85. The zero-order valence-corrected chi connectivity index (χ0v) is 22.8. The van der Waals surface area contributed by atoms with Gasteiger partial charge in [0.25, 0.3) is 8.32 Å². The molecule has 3 heterocycles. The van der Waals surface area contributed by atoms with Crippen LogP contribution in [0.4, 0.5) is 0 Å². The number of rotatable bonds is 5. The van der Waals surface area contributed by atoms with E-state index in [-0.39, 0.29) is 29.5 Å². The second-order valence-electron chi connectivity index (χ2n) is 11.7. The lowest BCUT2D eigenvalue weighted by Gasteiger charge is -2.45. The van der Waals surface area contributed by atoms with Gasteiger partial charge in [-0.15, -0.1) is 0 Å². The normalized spacial score (nSPS) is 32.0. The third kappa shape index (κ3) is 4.52. The molecule has 35 heavy (non-hydrogen) atoms. The lowest BCUT2D eigenvalue weighted by Crippen LogP contribution is -2.68. The lowest BCUT2D eigenvalue weighted by molar-refractivity contribution is -0.232. The van der Waals surface area contributed by atoms with Gasteiger partial charge in [-0.05, 0) is 43.1 Å². The molecule has 5 rings (SSSR count). The number of benzene rings is 2. The summed E-state index contributed by atoms with van der Waals surface area (Å²) in [4.78, 5) is 0. The molecule has 0 amide bonds. The highest BCUT2D eigenvalue weighted by molar-refractivity contribution is 6.99. The number of hydrogen-bond acceptors (Lipinski definition) is 6. The number of hydrogen-bond donors (Lipinski definition) is 0. The van der Waals surface area contributed by atoms with Crippen molar-refractivity contribution in [3.05, 3.63) is 60.7 Å². The maximum absolute atomic E-state index is 7.30. The maximum Gasteiger partial charge on any atom is 0.264 e. The van der Waals surface area contributed by atoms with Crippen molar-refractivity contribution < 1.29 is 28.1 Å². The third-order valence-electron chi connectivity index (χ3n) is 7.15. The topological polar surface area (TPSA) is 55.4 Å². The quantitative estimate of drug-likeness (QED) is 0.582. The second-order valence-corrected chi connectivity index (χ2v) is 15.9. The summed E-state index contributed by atoms with van der Waals surface area (Å²) in [7, 11) is -2.85. The zero-order valence-electron chi connectivity index (χ0n) is 21.8. The molecule has 0 spiro atoms. The molecule has 0 saturated carbocycles. The Morgan fingerprint density at radius 3 is 1.77 bits per heavy atom. The van der Waals surface area contributed by atoms with Crippen LogP contribution in [0.1, 0.15) is 48.5 Å². The van der Waals surface area contributed by atoms with E-state index in [1.165, 1.54) is 10.4 Å². The molecule has 0 aromatic heterocycles. The van der Waals surface area contributed by atoms with Gasteiger partial charge in [-0.2, -0.15) is 0 Å². The van der Waals surface area contributed by atoms with Crippen LogP contribution in [0.5, 0.6) is 0 Å². The number of fused-ring (bicyclic) bond motifs is 1. The summed E-state index contributed by atoms with van der Waals surface area (Å²) in [6.45, 7) is 14.9. The Bertz CT molecular complexity index is 979. The Balaban J connectivity index is 1.56. The van der Waals surface area contributed by atoms with Crippen LogP contribution in [0.15, 0.2) is 60.7 Å². The first kappa shape index (κ1) is 25.1. The summed E-state index contributed by atoms with van der Waals surface area (Å²) in [5, 5.41) is 2.21. The van der Waals surface area contributed by atoms with Crippen LogP contribution < -0.4 is 10.4 Å². The Kier molecular flexibility index (Phi) is 6.28. The van der Waals surface area contributed by atoms with Gasteiger partial charge < -0.3 is 28.1 Å². The molecule has 3 fully saturated rings. The second kappa shape index (κ2) is 8.77. The SMILES string of the molecule is CC1(C)OC[C@@H]([C@H]2OC(O[Si](c3ccccc3)(c3ccccc3)C(C)(C)C)[C@H]3OC(C)(C)O[C@@H]23)O1. The van der Waals surface area contributed by atoms with Gasteiger partial charge in [0.15, 0.2) is 17.9 Å². The summed E-state index contributed by atoms with van der Waals surface area (Å²) in [5.41, 5.74) is 0. The van der Waals surface area contributed by atoms with Gasteiger partial charge in [-0.3, -0.25) is 0 Å². The molecule has 7 heteroatoms. The van der Waals surface area contributed by atoms with Crippen molar-refractivity contribution in [3.63, 3.8) is 0 Å². The summed E-state index contributed by atoms with van der Waals surface area (Å²) in [5.74, 6) is -1.39. The van der Waals surface area contributed by atoms with Crippen molar-refractivity contribution in [1.29, 1.82) is 0 Å². The average Bonchev–Trinajstić information content (AvgIpc) is 3.42. The maximum atomic E-state index is 7.30. The van der Waals surface area contributed by atoms with E-state index in [0.29, 0.717) is 6.61 Å². The minimum absolute atomic E-state index is 0.184. The van der Waals surface area contributed by atoms with Gasteiger partial charge in [-0.25, -0.2) is 0 Å². The predicted octanol–water partition coefficient (Wildman–Crippen LogP) is 3.96. The Morgan fingerprint density at radius 1 is 0.743 bits per heavy atom. The van der Waals surface area contributed by atoms with Crippen molar-refractivity contribution in [1.82, 2.24) is 0 Å². The van der Waals surface area contributed by atoms with Gasteiger partial charge in [0.2, 0.25) is 0 Å². The van der Waals surface area contributed by atoms with Gasteiger partial charge in [0.05, 0.1) is 6.61 Å². The molecule has 0 N–H and O–H groups in total. The van der Waals surface area contributed by atoms with Crippen molar-refractivity contribution >= 4 is 18.7 Å². The lowest BCUT2D eigenvalue weighted by atomic mass is 10.1. The molecule has 2 aromatic carbocycles. The Hall–Kier alpha value is -1.58. The fraction of sp³-hybridized carbons (Fsp3) is 0.571. The Labute approximate surface area is 209 Å². The van der Waals surface area contributed by atoms with E-state index in [4.69, 9.17) is 28.1 Å². The third-order valence-corrected chi connectivity index (χ3v) is 12.1. The van der Waals surface area contributed by atoms with Crippen LogP contribution in [0.3, 0.4) is 0 Å². The summed E-state index contributed by atoms with van der Waals surface area (Å²) < 4.78 is 38.8. The van der Waals surface area contributed by atoms with E-state index in [1.807, 2.05) is 39.8 Å². The molecule has 2 aromatic rings. The van der Waals surface area contributed by atoms with Crippen LogP contribution in [0, 0.1) is 0 Å². The molecule has 0 bridgehead atoms. The molecule has 3 aliphatic heterocycles. The molecular weight excluding hydrogens is 460 g/mol. The van der Waals surface area contributed by atoms with Crippen LogP contribution in [0.25, 0.3) is 0 Å². The molecule has 0 radical (unpaired) electrons. The standard InChI is InChI=1S/C28H38O6Si/c1-26(2,3)35(19-14-10-8-11-15-19,20-16-12-9-13-17-20)34-25-24-23(32-28(6,7)33-24)22(30-25)21-18-29-27(4,5)31-21/h8-17,21-25H,18H2,1-7H3/t21-,22+,23-,24-,25?/m0/s1. The van der Waals surface area contributed by atoms with E-state index in [1.54, 1.807) is 0 Å². The monoisotopic (exact) mass is 498 g/mol. The predicted molar refractivity (Wildman–Crippen MR) is 136 cm³/mol. The molecule has 3 saturated heterocycles. The molecule has 5 atom stereocenters. The first-order chi connectivity index (χ1) is 16.4. The molecule has 3 aliphatic rings. The molecule has 6 nitrogen and oxygen atoms in total. The molecule has 190 valence electrons. The van der Waals surface area contributed by atoms with Crippen molar-refractivity contribution in [3.8, 4) is 0 Å². The summed E-state index contributed by atoms with van der Waals surface area (Å²) in [6, 6.07) is 21.2. The average molecular weight is 499 g/mol. The highest BCUT2D eigenvalue weighted by Crippen LogP contribution is 2.45. The largest absolute Gasteiger partial charge is 0.381 e. The van der Waals surface area contributed by atoms with Gasteiger partial charge >= 0.3 is 0 Å².